The number of benzene rings is 1. The first-order chi connectivity index (χ1) is 9.78. The van der Waals surface area contributed by atoms with Gasteiger partial charge >= 0.3 is 7.12 Å². The van der Waals surface area contributed by atoms with Crippen LogP contribution in [-0.2, 0) is 9.31 Å². The molecule has 1 fully saturated rings. The van der Waals surface area contributed by atoms with Gasteiger partial charge in [-0.25, -0.2) is 4.39 Å². The molecule has 0 unspecified atom stereocenters. The highest BCUT2D eigenvalue weighted by Gasteiger charge is 2.51. The molecule has 0 radical (unpaired) electrons. The molecular weight excluding hydrogens is 268 g/mol. The van der Waals surface area contributed by atoms with Gasteiger partial charge in [-0.1, -0.05) is 0 Å². The molecule has 3 rings (SSSR count). The molecule has 3 nitrogen and oxygen atoms in total. The molecule has 0 N–H and O–H groups in total. The van der Waals surface area contributed by atoms with Crippen LogP contribution in [0.4, 0.5) is 4.39 Å². The fraction of sp³-hybridized carbons (Fsp3) is 0.375. The van der Waals surface area contributed by atoms with Crippen LogP contribution < -0.4 is 5.46 Å². The second kappa shape index (κ2) is 4.72. The fourth-order valence-corrected chi connectivity index (χ4v) is 2.37. The van der Waals surface area contributed by atoms with Gasteiger partial charge in [-0.2, -0.15) is 0 Å². The molecule has 1 saturated heterocycles. The first kappa shape index (κ1) is 14.4. The van der Waals surface area contributed by atoms with Gasteiger partial charge in [-0.05, 0) is 63.5 Å². The summed E-state index contributed by atoms with van der Waals surface area (Å²) in [5, 5.41) is 0. The molecule has 1 aliphatic rings. The lowest BCUT2D eigenvalue weighted by Gasteiger charge is -2.32. The lowest BCUT2D eigenvalue weighted by atomic mass is 9.79. The van der Waals surface area contributed by atoms with Gasteiger partial charge in [0, 0.05) is 18.1 Å². The standard InChI is InChI=1S/C16H19BFNO2/c1-15(2)16(3,4)21-17(20-15)12-9-13(18)11-14(10-12)19-7-5-6-8-19/h5-11H,1-4H3. The number of halogens is 1. The van der Waals surface area contributed by atoms with Crippen molar-refractivity contribution < 1.29 is 13.7 Å². The summed E-state index contributed by atoms with van der Waals surface area (Å²) in [5.74, 6) is -0.300. The van der Waals surface area contributed by atoms with Crippen LogP contribution in [0, 0.1) is 5.82 Å². The fourth-order valence-electron chi connectivity index (χ4n) is 2.37. The van der Waals surface area contributed by atoms with Crippen LogP contribution in [0.3, 0.4) is 0 Å². The highest BCUT2D eigenvalue weighted by molar-refractivity contribution is 6.62. The number of nitrogens with zero attached hydrogens (tertiary/aromatic N) is 1. The zero-order valence-corrected chi connectivity index (χ0v) is 12.8. The summed E-state index contributed by atoms with van der Waals surface area (Å²) >= 11 is 0. The van der Waals surface area contributed by atoms with Gasteiger partial charge in [0.05, 0.1) is 11.2 Å². The second-order valence-corrected chi connectivity index (χ2v) is 6.42. The van der Waals surface area contributed by atoms with Crippen LogP contribution in [0.25, 0.3) is 5.69 Å². The summed E-state index contributed by atoms with van der Waals surface area (Å²) in [6.07, 6.45) is 3.76. The van der Waals surface area contributed by atoms with Crippen molar-refractivity contribution in [1.29, 1.82) is 0 Å². The van der Waals surface area contributed by atoms with E-state index in [1.807, 2.05) is 62.9 Å². The zero-order valence-electron chi connectivity index (χ0n) is 12.8. The highest BCUT2D eigenvalue weighted by atomic mass is 19.1. The van der Waals surface area contributed by atoms with E-state index >= 15 is 0 Å². The Labute approximate surface area is 124 Å². The van der Waals surface area contributed by atoms with Crippen molar-refractivity contribution in [2.75, 3.05) is 0 Å². The topological polar surface area (TPSA) is 23.4 Å². The van der Waals surface area contributed by atoms with Crippen LogP contribution in [0.5, 0.6) is 0 Å². The molecule has 2 aromatic rings. The summed E-state index contributed by atoms with van der Waals surface area (Å²) < 4.78 is 27.8. The molecule has 1 aromatic heterocycles. The molecule has 21 heavy (non-hydrogen) atoms. The van der Waals surface area contributed by atoms with E-state index in [2.05, 4.69) is 0 Å². The van der Waals surface area contributed by atoms with E-state index in [1.54, 1.807) is 0 Å². The third-order valence-corrected chi connectivity index (χ3v) is 4.33. The molecule has 0 saturated carbocycles. The molecule has 0 spiro atoms. The van der Waals surface area contributed by atoms with Crippen LogP contribution in [0.15, 0.2) is 42.7 Å². The van der Waals surface area contributed by atoms with E-state index in [0.717, 1.165) is 5.69 Å². The van der Waals surface area contributed by atoms with Crippen LogP contribution >= 0.6 is 0 Å². The Kier molecular flexibility index (Phi) is 3.22. The van der Waals surface area contributed by atoms with Crippen molar-refractivity contribution in [2.45, 2.75) is 38.9 Å². The predicted octanol–water partition coefficient (Wildman–Crippen LogP) is 2.92. The molecule has 5 heteroatoms. The maximum atomic E-state index is 13.9. The Balaban J connectivity index is 1.97. The average Bonchev–Trinajstić information content (AvgIpc) is 2.96. The first-order valence-corrected chi connectivity index (χ1v) is 7.08. The van der Waals surface area contributed by atoms with Gasteiger partial charge in [0.25, 0.3) is 0 Å². The van der Waals surface area contributed by atoms with E-state index in [0.29, 0.717) is 5.46 Å². The molecular formula is C16H19BFNO2. The lowest BCUT2D eigenvalue weighted by molar-refractivity contribution is 0.00578. The number of hydrogen-bond acceptors (Lipinski definition) is 2. The Bertz CT molecular complexity index is 636. The maximum Gasteiger partial charge on any atom is 0.495 e. The molecule has 0 bridgehead atoms. The first-order valence-electron chi connectivity index (χ1n) is 7.08. The molecule has 110 valence electrons. The average molecular weight is 287 g/mol. The van der Waals surface area contributed by atoms with Crippen molar-refractivity contribution in [3.63, 3.8) is 0 Å². The Morgan fingerprint density at radius 3 is 2.10 bits per heavy atom. The predicted molar refractivity (Wildman–Crippen MR) is 81.4 cm³/mol. The maximum absolute atomic E-state index is 13.9. The molecule has 0 amide bonds. The second-order valence-electron chi connectivity index (χ2n) is 6.42. The van der Waals surface area contributed by atoms with Gasteiger partial charge in [0.1, 0.15) is 5.82 Å². The summed E-state index contributed by atoms with van der Waals surface area (Å²) in [6, 6.07) is 8.66. The quantitative estimate of drug-likeness (QED) is 0.793. The van der Waals surface area contributed by atoms with E-state index < -0.39 is 18.3 Å². The Hall–Kier alpha value is -1.59. The van der Waals surface area contributed by atoms with E-state index in [4.69, 9.17) is 9.31 Å². The molecule has 1 aromatic carbocycles. The van der Waals surface area contributed by atoms with Crippen molar-refractivity contribution in [1.82, 2.24) is 4.57 Å². The van der Waals surface area contributed by atoms with Gasteiger partial charge in [0.15, 0.2) is 0 Å². The monoisotopic (exact) mass is 287 g/mol. The summed E-state index contributed by atoms with van der Waals surface area (Å²) in [7, 11) is -0.556. The number of hydrogen-bond donors (Lipinski definition) is 0. The minimum Gasteiger partial charge on any atom is -0.399 e. The third kappa shape index (κ3) is 2.52. The minimum absolute atomic E-state index is 0.300. The van der Waals surface area contributed by atoms with Crippen LogP contribution in [0.1, 0.15) is 27.7 Å². The molecule has 0 aliphatic carbocycles. The van der Waals surface area contributed by atoms with Crippen LogP contribution in [-0.4, -0.2) is 22.9 Å². The van der Waals surface area contributed by atoms with Crippen molar-refractivity contribution in [3.8, 4) is 5.69 Å². The SMILES string of the molecule is CC1(C)OB(c2cc(F)cc(-n3cccc3)c2)OC1(C)C. The Morgan fingerprint density at radius 2 is 1.52 bits per heavy atom. The van der Waals surface area contributed by atoms with Gasteiger partial charge in [-0.15, -0.1) is 0 Å². The largest absolute Gasteiger partial charge is 0.495 e. The van der Waals surface area contributed by atoms with Crippen molar-refractivity contribution >= 4 is 12.6 Å². The van der Waals surface area contributed by atoms with E-state index in [-0.39, 0.29) is 5.82 Å². The third-order valence-electron chi connectivity index (χ3n) is 4.33. The Morgan fingerprint density at radius 1 is 0.952 bits per heavy atom. The molecule has 1 aliphatic heterocycles. The van der Waals surface area contributed by atoms with E-state index in [9.17, 15) is 4.39 Å². The van der Waals surface area contributed by atoms with Gasteiger partial charge in [-0.3, -0.25) is 0 Å². The van der Waals surface area contributed by atoms with Gasteiger partial charge in [0.2, 0.25) is 0 Å². The normalized spacial score (nSPS) is 20.0. The summed E-state index contributed by atoms with van der Waals surface area (Å²) in [5.41, 5.74) is 0.580. The van der Waals surface area contributed by atoms with Gasteiger partial charge < -0.3 is 13.9 Å². The van der Waals surface area contributed by atoms with Crippen LogP contribution in [0.2, 0.25) is 0 Å². The smallest absolute Gasteiger partial charge is 0.399 e. The molecule has 0 atom stereocenters. The number of rotatable bonds is 2. The van der Waals surface area contributed by atoms with Crippen molar-refractivity contribution in [2.24, 2.45) is 0 Å². The highest BCUT2D eigenvalue weighted by Crippen LogP contribution is 2.36. The van der Waals surface area contributed by atoms with E-state index in [1.165, 1.54) is 12.1 Å². The van der Waals surface area contributed by atoms with Crippen molar-refractivity contribution in [3.05, 3.63) is 48.5 Å². The minimum atomic E-state index is -0.556. The molecule has 2 heterocycles. The summed E-state index contributed by atoms with van der Waals surface area (Å²) in [6.45, 7) is 7.94. The zero-order chi connectivity index (χ0) is 15.3. The lowest BCUT2D eigenvalue weighted by Crippen LogP contribution is -2.41. The summed E-state index contributed by atoms with van der Waals surface area (Å²) in [4.78, 5) is 0. The number of aromatic nitrogens is 1.